The van der Waals surface area contributed by atoms with Gasteiger partial charge in [-0.25, -0.2) is 9.86 Å². The standard InChI is InChI=1S/C9H11N3O5/c13-6-3-12(17-5-6)8(15)4-11-2-1-7(14)10-9(11)16/h1-2,6,13H,3-5H2,(H,10,14,16)/t6-/m0/s1. The van der Waals surface area contributed by atoms with E-state index in [0.717, 1.165) is 15.7 Å². The maximum Gasteiger partial charge on any atom is 0.328 e. The van der Waals surface area contributed by atoms with Crippen LogP contribution in [0.25, 0.3) is 0 Å². The number of aromatic amines is 1. The highest BCUT2D eigenvalue weighted by molar-refractivity contribution is 5.75. The van der Waals surface area contributed by atoms with Crippen LogP contribution >= 0.6 is 0 Å². The molecule has 0 saturated carbocycles. The van der Waals surface area contributed by atoms with Gasteiger partial charge in [0.05, 0.1) is 12.6 Å². The number of nitrogens with zero attached hydrogens (tertiary/aromatic N) is 2. The van der Waals surface area contributed by atoms with Crippen LogP contribution in [0.3, 0.4) is 0 Å². The summed E-state index contributed by atoms with van der Waals surface area (Å²) in [5, 5.41) is 10.2. The van der Waals surface area contributed by atoms with Gasteiger partial charge in [0.25, 0.3) is 11.5 Å². The van der Waals surface area contributed by atoms with E-state index in [2.05, 4.69) is 0 Å². The van der Waals surface area contributed by atoms with Crippen molar-refractivity contribution in [2.75, 3.05) is 13.2 Å². The van der Waals surface area contributed by atoms with E-state index in [4.69, 9.17) is 4.84 Å². The summed E-state index contributed by atoms with van der Waals surface area (Å²) in [5.74, 6) is -0.462. The van der Waals surface area contributed by atoms with Crippen LogP contribution in [0.1, 0.15) is 0 Å². The largest absolute Gasteiger partial charge is 0.389 e. The normalized spacial score (nSPS) is 19.6. The van der Waals surface area contributed by atoms with Crippen molar-refractivity contribution in [3.05, 3.63) is 33.1 Å². The lowest BCUT2D eigenvalue weighted by molar-refractivity contribution is -0.169. The molecular formula is C9H11N3O5. The number of hydroxylamine groups is 2. The SMILES string of the molecule is O=C(Cn1ccc(=O)[nH]c1=O)N1C[C@H](O)CO1. The molecule has 0 aromatic carbocycles. The van der Waals surface area contributed by atoms with E-state index >= 15 is 0 Å². The van der Waals surface area contributed by atoms with E-state index < -0.39 is 23.3 Å². The molecule has 1 aromatic rings. The number of nitrogens with one attached hydrogen (secondary N) is 1. The highest BCUT2D eigenvalue weighted by atomic mass is 16.7. The summed E-state index contributed by atoms with van der Waals surface area (Å²) in [5.41, 5.74) is -1.18. The van der Waals surface area contributed by atoms with Gasteiger partial charge in [-0.1, -0.05) is 0 Å². The number of β-amino-alcohol motifs (C(OH)–C–C–N with tert-alkyl or cyclic N) is 1. The second-order valence-electron chi connectivity index (χ2n) is 3.64. The highest BCUT2D eigenvalue weighted by Crippen LogP contribution is 2.05. The minimum atomic E-state index is -0.703. The smallest absolute Gasteiger partial charge is 0.328 e. The molecule has 2 heterocycles. The Kier molecular flexibility index (Phi) is 3.07. The molecule has 1 aromatic heterocycles. The summed E-state index contributed by atoms with van der Waals surface area (Å²) in [7, 11) is 0. The van der Waals surface area contributed by atoms with Gasteiger partial charge in [0, 0.05) is 12.3 Å². The first-order valence-corrected chi connectivity index (χ1v) is 4.97. The second kappa shape index (κ2) is 4.52. The Morgan fingerprint density at radius 3 is 2.94 bits per heavy atom. The van der Waals surface area contributed by atoms with Gasteiger partial charge in [-0.3, -0.25) is 24.0 Å². The van der Waals surface area contributed by atoms with Crippen LogP contribution in [0.5, 0.6) is 0 Å². The van der Waals surface area contributed by atoms with E-state index in [1.54, 1.807) is 0 Å². The predicted molar refractivity (Wildman–Crippen MR) is 55.0 cm³/mol. The number of rotatable bonds is 2. The van der Waals surface area contributed by atoms with Gasteiger partial charge < -0.3 is 5.11 Å². The molecule has 2 N–H and O–H groups in total. The average molecular weight is 241 g/mol. The van der Waals surface area contributed by atoms with Gasteiger partial charge in [-0.2, -0.15) is 0 Å². The summed E-state index contributed by atoms with van der Waals surface area (Å²) < 4.78 is 1.05. The lowest BCUT2D eigenvalue weighted by atomic mass is 10.4. The minimum Gasteiger partial charge on any atom is -0.389 e. The fourth-order valence-electron chi connectivity index (χ4n) is 1.44. The van der Waals surface area contributed by atoms with E-state index in [0.29, 0.717) is 0 Å². The number of carbonyl (C=O) groups excluding carboxylic acids is 1. The van der Waals surface area contributed by atoms with Gasteiger partial charge >= 0.3 is 5.69 Å². The number of aliphatic hydroxyl groups excluding tert-OH is 1. The van der Waals surface area contributed by atoms with Gasteiger partial charge in [0.1, 0.15) is 13.2 Å². The van der Waals surface area contributed by atoms with Crippen molar-refractivity contribution in [2.45, 2.75) is 12.6 Å². The van der Waals surface area contributed by atoms with Crippen LogP contribution in [0.4, 0.5) is 0 Å². The molecule has 0 spiro atoms. The fourth-order valence-corrected chi connectivity index (χ4v) is 1.44. The van der Waals surface area contributed by atoms with Crippen LogP contribution in [0.15, 0.2) is 21.9 Å². The monoisotopic (exact) mass is 241 g/mol. The zero-order valence-corrected chi connectivity index (χ0v) is 8.83. The maximum absolute atomic E-state index is 11.6. The Morgan fingerprint density at radius 1 is 1.59 bits per heavy atom. The number of H-pyrrole nitrogens is 1. The quantitative estimate of drug-likeness (QED) is 0.604. The third kappa shape index (κ3) is 2.60. The van der Waals surface area contributed by atoms with Crippen molar-refractivity contribution in [1.82, 2.24) is 14.6 Å². The summed E-state index contributed by atoms with van der Waals surface area (Å²) in [6.07, 6.45) is 0.525. The first-order valence-electron chi connectivity index (χ1n) is 4.97. The van der Waals surface area contributed by atoms with Crippen molar-refractivity contribution in [3.63, 3.8) is 0 Å². The lowest BCUT2D eigenvalue weighted by Crippen LogP contribution is -2.37. The zero-order valence-electron chi connectivity index (χ0n) is 8.83. The molecular weight excluding hydrogens is 230 g/mol. The van der Waals surface area contributed by atoms with Crippen molar-refractivity contribution in [2.24, 2.45) is 0 Å². The molecule has 92 valence electrons. The van der Waals surface area contributed by atoms with Crippen LogP contribution in [0.2, 0.25) is 0 Å². The Bertz CT molecular complexity index is 534. The molecule has 1 atom stereocenters. The van der Waals surface area contributed by atoms with E-state index in [-0.39, 0.29) is 19.7 Å². The fraction of sp³-hybridized carbons (Fsp3) is 0.444. The molecule has 0 aliphatic carbocycles. The second-order valence-corrected chi connectivity index (χ2v) is 3.64. The third-order valence-corrected chi connectivity index (χ3v) is 2.28. The van der Waals surface area contributed by atoms with Crippen molar-refractivity contribution >= 4 is 5.91 Å². The Morgan fingerprint density at radius 2 is 2.35 bits per heavy atom. The summed E-state index contributed by atoms with van der Waals surface area (Å²) in [4.78, 5) is 40.7. The zero-order chi connectivity index (χ0) is 12.4. The van der Waals surface area contributed by atoms with Gasteiger partial charge in [-0.15, -0.1) is 0 Å². The topological polar surface area (TPSA) is 105 Å². The highest BCUT2D eigenvalue weighted by Gasteiger charge is 2.26. The molecule has 1 fully saturated rings. The van der Waals surface area contributed by atoms with Crippen molar-refractivity contribution in [3.8, 4) is 0 Å². The molecule has 8 nitrogen and oxygen atoms in total. The van der Waals surface area contributed by atoms with Crippen LogP contribution < -0.4 is 11.2 Å². The van der Waals surface area contributed by atoms with Crippen LogP contribution in [-0.4, -0.2) is 44.9 Å². The summed E-state index contributed by atoms with van der Waals surface area (Å²) >= 11 is 0. The van der Waals surface area contributed by atoms with Crippen molar-refractivity contribution < 1.29 is 14.7 Å². The van der Waals surface area contributed by atoms with Crippen LogP contribution in [-0.2, 0) is 16.2 Å². The maximum atomic E-state index is 11.6. The molecule has 0 bridgehead atoms. The Labute approximate surface area is 95.0 Å². The number of aliphatic hydroxyl groups is 1. The number of amides is 1. The molecule has 1 aliphatic rings. The van der Waals surface area contributed by atoms with Gasteiger partial charge in [-0.05, 0) is 0 Å². The van der Waals surface area contributed by atoms with Gasteiger partial charge in [0.2, 0.25) is 0 Å². The molecule has 0 radical (unpaired) electrons. The molecule has 1 saturated heterocycles. The Hall–Kier alpha value is -1.93. The predicted octanol–water partition coefficient (Wildman–Crippen LogP) is -2.33. The number of hydrogen-bond acceptors (Lipinski definition) is 5. The number of carbonyl (C=O) groups is 1. The number of hydrogen-bond donors (Lipinski definition) is 2. The average Bonchev–Trinajstić information content (AvgIpc) is 2.69. The molecule has 1 amide bonds. The van der Waals surface area contributed by atoms with E-state index in [9.17, 15) is 19.5 Å². The van der Waals surface area contributed by atoms with E-state index in [1.165, 1.54) is 6.20 Å². The Balaban J connectivity index is 2.08. The van der Waals surface area contributed by atoms with Crippen molar-refractivity contribution in [1.29, 1.82) is 0 Å². The van der Waals surface area contributed by atoms with Gasteiger partial charge in [0.15, 0.2) is 0 Å². The molecule has 17 heavy (non-hydrogen) atoms. The first-order chi connectivity index (χ1) is 8.06. The molecule has 1 aliphatic heterocycles. The summed E-state index contributed by atoms with van der Waals surface area (Å²) in [6.45, 7) is -0.106. The lowest BCUT2D eigenvalue weighted by Gasteiger charge is -2.14. The molecule has 2 rings (SSSR count). The molecule has 8 heteroatoms. The summed E-state index contributed by atoms with van der Waals surface area (Å²) in [6, 6.07) is 1.15. The number of aromatic nitrogens is 2. The van der Waals surface area contributed by atoms with E-state index in [1.807, 2.05) is 4.98 Å². The first kappa shape index (κ1) is 11.6. The third-order valence-electron chi connectivity index (χ3n) is 2.28. The molecule has 0 unspecified atom stereocenters. The minimum absolute atomic E-state index is 0.0618. The van der Waals surface area contributed by atoms with Crippen LogP contribution in [0, 0.1) is 0 Å².